The second-order valence-corrected chi connectivity index (χ2v) is 8.59. The van der Waals surface area contributed by atoms with Crippen LogP contribution in [0.4, 0.5) is 5.69 Å². The summed E-state index contributed by atoms with van der Waals surface area (Å²) < 4.78 is 1.68. The standard InChI is InChI=1S/C21H19ClN6OS/c22-19-9-16(24-10-14-2-1-7-30-14)21-25-11-17(28(21)27-19)12-3-6-15(18(29)8-12)20(23)26-13-4-5-13/h1-3,6-9,11,13,24,29H,4-5,10H2,(H2,23,26). The number of phenols is 1. The van der Waals surface area contributed by atoms with E-state index in [0.717, 1.165) is 24.1 Å². The van der Waals surface area contributed by atoms with Crippen LogP contribution in [-0.4, -0.2) is 31.6 Å². The Bertz CT molecular complexity index is 1250. The van der Waals surface area contributed by atoms with Gasteiger partial charge in [0.2, 0.25) is 0 Å². The highest BCUT2D eigenvalue weighted by Crippen LogP contribution is 2.31. The number of aromatic nitrogens is 3. The normalized spacial score (nSPS) is 14.4. The Morgan fingerprint density at radius 1 is 1.33 bits per heavy atom. The second-order valence-electron chi connectivity index (χ2n) is 7.17. The zero-order valence-corrected chi connectivity index (χ0v) is 17.5. The van der Waals surface area contributed by atoms with E-state index in [4.69, 9.17) is 17.3 Å². The highest BCUT2D eigenvalue weighted by molar-refractivity contribution is 7.09. The van der Waals surface area contributed by atoms with Gasteiger partial charge in [-0.05, 0) is 36.4 Å². The SMILES string of the molecule is NC(=NC1CC1)c1ccc(-c2cnc3c(NCc4cccs4)cc(Cl)nn23)cc1O. The summed E-state index contributed by atoms with van der Waals surface area (Å²) in [5.41, 5.74) is 9.49. The highest BCUT2D eigenvalue weighted by atomic mass is 35.5. The topological polar surface area (TPSA) is 101 Å². The molecule has 0 atom stereocenters. The number of rotatable bonds is 6. The van der Waals surface area contributed by atoms with Crippen LogP contribution in [0.3, 0.4) is 0 Å². The minimum Gasteiger partial charge on any atom is -0.507 e. The Balaban J connectivity index is 1.49. The Morgan fingerprint density at radius 3 is 2.93 bits per heavy atom. The van der Waals surface area contributed by atoms with Gasteiger partial charge in [-0.15, -0.1) is 11.3 Å². The van der Waals surface area contributed by atoms with Gasteiger partial charge in [0, 0.05) is 23.1 Å². The molecule has 0 unspecified atom stereocenters. The van der Waals surface area contributed by atoms with Crippen LogP contribution in [0.25, 0.3) is 16.9 Å². The maximum Gasteiger partial charge on any atom is 0.177 e. The van der Waals surface area contributed by atoms with Gasteiger partial charge in [0.1, 0.15) is 11.6 Å². The number of benzene rings is 1. The number of amidine groups is 1. The minimum atomic E-state index is 0.0717. The molecular weight excluding hydrogens is 420 g/mol. The Morgan fingerprint density at radius 2 is 2.20 bits per heavy atom. The van der Waals surface area contributed by atoms with Crippen LogP contribution in [-0.2, 0) is 6.54 Å². The molecule has 1 aliphatic carbocycles. The summed E-state index contributed by atoms with van der Waals surface area (Å²) in [4.78, 5) is 10.1. The quantitative estimate of drug-likeness (QED) is 0.308. The number of fused-ring (bicyclic) bond motifs is 1. The summed E-state index contributed by atoms with van der Waals surface area (Å²) >= 11 is 7.95. The summed E-state index contributed by atoms with van der Waals surface area (Å²) in [6.45, 7) is 0.672. The van der Waals surface area contributed by atoms with Crippen LogP contribution in [0.5, 0.6) is 5.75 Å². The molecule has 152 valence electrons. The first kappa shape index (κ1) is 18.9. The van der Waals surface area contributed by atoms with Crippen molar-refractivity contribution in [2.75, 3.05) is 5.32 Å². The number of nitrogens with two attached hydrogens (primary N) is 1. The lowest BCUT2D eigenvalue weighted by Crippen LogP contribution is -2.14. The predicted octanol–water partition coefficient (Wildman–Crippen LogP) is 4.30. The number of anilines is 1. The van der Waals surface area contributed by atoms with Gasteiger partial charge >= 0.3 is 0 Å². The number of aliphatic imine (C=N–C) groups is 1. The number of thiophene rings is 1. The number of phenolic OH excluding ortho intramolecular Hbond substituents is 1. The molecule has 0 amide bonds. The molecule has 5 rings (SSSR count). The van der Waals surface area contributed by atoms with E-state index in [1.54, 1.807) is 40.2 Å². The molecule has 3 aromatic heterocycles. The summed E-state index contributed by atoms with van der Waals surface area (Å²) in [6.07, 6.45) is 3.82. The fourth-order valence-electron chi connectivity index (χ4n) is 3.24. The van der Waals surface area contributed by atoms with Gasteiger partial charge in [-0.3, -0.25) is 4.99 Å². The first-order valence-corrected chi connectivity index (χ1v) is 10.8. The van der Waals surface area contributed by atoms with Gasteiger partial charge in [0.05, 0.1) is 29.2 Å². The van der Waals surface area contributed by atoms with Crippen LogP contribution >= 0.6 is 22.9 Å². The number of nitrogens with zero attached hydrogens (tertiary/aromatic N) is 4. The van der Waals surface area contributed by atoms with Crippen LogP contribution in [0, 0.1) is 0 Å². The lowest BCUT2D eigenvalue weighted by atomic mass is 10.1. The maximum absolute atomic E-state index is 10.5. The second kappa shape index (κ2) is 7.62. The van der Waals surface area contributed by atoms with Gasteiger partial charge in [-0.1, -0.05) is 23.7 Å². The van der Waals surface area contributed by atoms with Crippen molar-refractivity contribution in [1.82, 2.24) is 14.6 Å². The Labute approximate surface area is 181 Å². The van der Waals surface area contributed by atoms with Crippen LogP contribution < -0.4 is 11.1 Å². The van der Waals surface area contributed by atoms with Crippen LogP contribution in [0.15, 0.2) is 53.0 Å². The first-order valence-electron chi connectivity index (χ1n) is 9.56. The van der Waals surface area contributed by atoms with E-state index in [9.17, 15) is 5.11 Å². The van der Waals surface area contributed by atoms with Gasteiger partial charge in [-0.25, -0.2) is 9.50 Å². The van der Waals surface area contributed by atoms with Crippen molar-refractivity contribution in [3.63, 3.8) is 0 Å². The smallest absolute Gasteiger partial charge is 0.177 e. The van der Waals surface area contributed by atoms with E-state index < -0.39 is 0 Å². The predicted molar refractivity (Wildman–Crippen MR) is 120 cm³/mol. The molecule has 0 saturated heterocycles. The van der Waals surface area contributed by atoms with Crippen molar-refractivity contribution in [2.24, 2.45) is 10.7 Å². The molecule has 0 spiro atoms. The summed E-state index contributed by atoms with van der Waals surface area (Å²) in [6, 6.07) is 11.4. The average molecular weight is 439 g/mol. The summed E-state index contributed by atoms with van der Waals surface area (Å²) in [5.74, 6) is 0.434. The zero-order chi connectivity index (χ0) is 20.7. The molecule has 0 bridgehead atoms. The molecule has 1 saturated carbocycles. The van der Waals surface area contributed by atoms with Gasteiger partial charge in [0.15, 0.2) is 10.8 Å². The Hall–Kier alpha value is -3.10. The average Bonchev–Trinajstić information content (AvgIpc) is 3.21. The molecule has 4 N–H and O–H groups in total. The molecular formula is C21H19ClN6OS. The van der Waals surface area contributed by atoms with E-state index in [-0.39, 0.29) is 11.8 Å². The van der Waals surface area contributed by atoms with Gasteiger partial charge in [0.25, 0.3) is 0 Å². The summed E-state index contributed by atoms with van der Waals surface area (Å²) in [7, 11) is 0. The fraction of sp³-hybridized carbons (Fsp3) is 0.190. The van der Waals surface area contributed by atoms with Crippen LogP contribution in [0.2, 0.25) is 5.15 Å². The Kier molecular flexibility index (Phi) is 4.80. The van der Waals surface area contributed by atoms with Crippen molar-refractivity contribution < 1.29 is 5.11 Å². The number of imidazole rings is 1. The van der Waals surface area contributed by atoms with E-state index >= 15 is 0 Å². The van der Waals surface area contributed by atoms with Crippen molar-refractivity contribution in [1.29, 1.82) is 0 Å². The number of halogens is 1. The van der Waals surface area contributed by atoms with Gasteiger partial charge in [-0.2, -0.15) is 5.10 Å². The molecule has 4 aromatic rings. The van der Waals surface area contributed by atoms with Crippen LogP contribution in [0.1, 0.15) is 23.3 Å². The monoisotopic (exact) mass is 438 g/mol. The van der Waals surface area contributed by atoms with Crippen molar-refractivity contribution in [2.45, 2.75) is 25.4 Å². The van der Waals surface area contributed by atoms with Crippen molar-refractivity contribution in [3.05, 3.63) is 63.6 Å². The van der Waals surface area contributed by atoms with Crippen molar-refractivity contribution in [3.8, 4) is 17.0 Å². The van der Waals surface area contributed by atoms with E-state index in [2.05, 4.69) is 26.5 Å². The largest absolute Gasteiger partial charge is 0.507 e. The molecule has 0 aliphatic heterocycles. The third-order valence-corrected chi connectivity index (χ3v) is 5.97. The maximum atomic E-state index is 10.5. The molecule has 3 heterocycles. The van der Waals surface area contributed by atoms with E-state index in [1.165, 1.54) is 4.88 Å². The molecule has 1 aromatic carbocycles. The molecule has 1 aliphatic rings. The van der Waals surface area contributed by atoms with Crippen molar-refractivity contribution >= 4 is 40.1 Å². The minimum absolute atomic E-state index is 0.0717. The lowest BCUT2D eigenvalue weighted by Gasteiger charge is -2.09. The molecule has 1 fully saturated rings. The first-order chi connectivity index (χ1) is 14.6. The summed E-state index contributed by atoms with van der Waals surface area (Å²) in [5, 5.41) is 20.7. The molecule has 7 nitrogen and oxygen atoms in total. The lowest BCUT2D eigenvalue weighted by molar-refractivity contribution is 0.474. The van der Waals surface area contributed by atoms with Gasteiger partial charge < -0.3 is 16.2 Å². The van der Waals surface area contributed by atoms with E-state index in [1.807, 2.05) is 17.5 Å². The third-order valence-electron chi connectivity index (χ3n) is 4.91. The zero-order valence-electron chi connectivity index (χ0n) is 15.9. The number of nitrogens with one attached hydrogen (secondary N) is 1. The molecule has 0 radical (unpaired) electrons. The third kappa shape index (κ3) is 3.71. The number of aromatic hydroxyl groups is 1. The number of hydrogen-bond donors (Lipinski definition) is 3. The fourth-order valence-corrected chi connectivity index (χ4v) is 4.07. The highest BCUT2D eigenvalue weighted by Gasteiger charge is 2.21. The molecule has 30 heavy (non-hydrogen) atoms. The van der Waals surface area contributed by atoms with E-state index in [0.29, 0.717) is 34.4 Å². The molecule has 9 heteroatoms. The number of hydrogen-bond acceptors (Lipinski definition) is 6.